The number of amides is 1. The smallest absolute Gasteiger partial charge is 0.274 e. The maximum Gasteiger partial charge on any atom is 0.274 e. The van der Waals surface area contributed by atoms with Gasteiger partial charge in [0.25, 0.3) is 5.91 Å². The van der Waals surface area contributed by atoms with E-state index in [9.17, 15) is 9.90 Å². The van der Waals surface area contributed by atoms with E-state index < -0.39 is 5.91 Å². The lowest BCUT2D eigenvalue weighted by molar-refractivity contribution is -0.115. The van der Waals surface area contributed by atoms with Gasteiger partial charge in [0.05, 0.1) is 11.3 Å². The molecule has 4 rings (SSSR count). The lowest BCUT2D eigenvalue weighted by Gasteiger charge is -2.17. The Hall–Kier alpha value is -2.71. The summed E-state index contributed by atoms with van der Waals surface area (Å²) in [4.78, 5) is 15.7. The highest BCUT2D eigenvalue weighted by molar-refractivity contribution is 8.00. The normalized spacial score (nSPS) is 13.4. The Kier molecular flexibility index (Phi) is 4.91. The first kappa shape index (κ1) is 17.7. The van der Waals surface area contributed by atoms with Gasteiger partial charge < -0.3 is 19.6 Å². The summed E-state index contributed by atoms with van der Waals surface area (Å²) in [6.07, 6.45) is 0. The summed E-state index contributed by atoms with van der Waals surface area (Å²) in [5.41, 5.74) is 0.806. The van der Waals surface area contributed by atoms with Gasteiger partial charge >= 0.3 is 0 Å². The number of azo groups is 1. The summed E-state index contributed by atoms with van der Waals surface area (Å²) >= 11 is 7.17. The number of aromatic amines is 1. The number of nitrogens with zero attached hydrogens (tertiary/aromatic N) is 2. The van der Waals surface area contributed by atoms with Crippen molar-refractivity contribution in [2.24, 2.45) is 10.2 Å². The fraction of sp³-hybridized carbons (Fsp3) is 0.167. The lowest BCUT2D eigenvalue weighted by Crippen LogP contribution is -2.15. The Morgan fingerprint density at radius 2 is 1.89 bits per heavy atom. The second-order valence-electron chi connectivity index (χ2n) is 5.70. The highest BCUT2D eigenvalue weighted by Crippen LogP contribution is 2.42. The van der Waals surface area contributed by atoms with E-state index >= 15 is 0 Å². The van der Waals surface area contributed by atoms with Crippen LogP contribution >= 0.6 is 23.4 Å². The SMILES string of the molecule is O=C(CSc1ccc(Cl)cc1)N=Nc1c(O)[nH]c2cc3c(cc12)OCCO3. The van der Waals surface area contributed by atoms with Gasteiger partial charge in [0.1, 0.15) is 13.2 Å². The number of thioether (sulfide) groups is 1. The minimum Gasteiger partial charge on any atom is -0.493 e. The molecule has 0 saturated carbocycles. The number of rotatable bonds is 4. The van der Waals surface area contributed by atoms with Crippen LogP contribution in [0.2, 0.25) is 5.02 Å². The van der Waals surface area contributed by atoms with Crippen LogP contribution in [0.3, 0.4) is 0 Å². The number of carbonyl (C=O) groups is 1. The summed E-state index contributed by atoms with van der Waals surface area (Å²) < 4.78 is 11.1. The first-order chi connectivity index (χ1) is 13.1. The van der Waals surface area contributed by atoms with Crippen molar-refractivity contribution in [1.29, 1.82) is 0 Å². The summed E-state index contributed by atoms with van der Waals surface area (Å²) in [5, 5.41) is 19.0. The van der Waals surface area contributed by atoms with Gasteiger partial charge in [-0.2, -0.15) is 0 Å². The lowest BCUT2D eigenvalue weighted by atomic mass is 10.2. The molecule has 1 aromatic heterocycles. The molecule has 2 N–H and O–H groups in total. The molecule has 138 valence electrons. The summed E-state index contributed by atoms with van der Waals surface area (Å²) in [7, 11) is 0. The zero-order valence-electron chi connectivity index (χ0n) is 13.9. The van der Waals surface area contributed by atoms with Gasteiger partial charge in [-0.1, -0.05) is 11.6 Å². The third-order valence-electron chi connectivity index (χ3n) is 3.85. The number of hydrogen-bond donors (Lipinski definition) is 2. The van der Waals surface area contributed by atoms with Crippen molar-refractivity contribution in [2.45, 2.75) is 4.90 Å². The number of halogens is 1. The average molecular weight is 404 g/mol. The molecule has 2 heterocycles. The first-order valence-corrected chi connectivity index (χ1v) is 9.44. The van der Waals surface area contributed by atoms with Crippen LogP contribution in [0.15, 0.2) is 51.5 Å². The van der Waals surface area contributed by atoms with Gasteiger partial charge in [-0.3, -0.25) is 4.79 Å². The molecule has 1 aliphatic rings. The number of carbonyl (C=O) groups excluding carboxylic acids is 1. The van der Waals surface area contributed by atoms with Crippen LogP contribution in [0.1, 0.15) is 0 Å². The Morgan fingerprint density at radius 1 is 1.19 bits per heavy atom. The van der Waals surface area contributed by atoms with Gasteiger partial charge in [0.2, 0.25) is 5.88 Å². The number of aromatic hydroxyl groups is 1. The molecule has 0 bridgehead atoms. The van der Waals surface area contributed by atoms with E-state index in [1.54, 1.807) is 24.3 Å². The van der Waals surface area contributed by atoms with Crippen molar-refractivity contribution in [1.82, 2.24) is 4.98 Å². The van der Waals surface area contributed by atoms with E-state index in [4.69, 9.17) is 21.1 Å². The molecule has 3 aromatic rings. The third kappa shape index (κ3) is 3.86. The van der Waals surface area contributed by atoms with Gasteiger partial charge in [-0.25, -0.2) is 0 Å². The van der Waals surface area contributed by atoms with E-state index in [-0.39, 0.29) is 17.3 Å². The number of benzene rings is 2. The van der Waals surface area contributed by atoms with Crippen LogP contribution in [0.25, 0.3) is 10.9 Å². The molecule has 0 unspecified atom stereocenters. The predicted octanol–water partition coefficient (Wildman–Crippen LogP) is 4.70. The number of fused-ring (bicyclic) bond motifs is 2. The maximum atomic E-state index is 12.0. The van der Waals surface area contributed by atoms with Crippen LogP contribution in [-0.4, -0.2) is 35.0 Å². The number of H-pyrrole nitrogens is 1. The van der Waals surface area contributed by atoms with Gasteiger partial charge in [0.15, 0.2) is 17.2 Å². The van der Waals surface area contributed by atoms with E-state index in [0.29, 0.717) is 40.6 Å². The van der Waals surface area contributed by atoms with Gasteiger partial charge in [-0.05, 0) is 30.3 Å². The zero-order valence-corrected chi connectivity index (χ0v) is 15.5. The van der Waals surface area contributed by atoms with Gasteiger partial charge in [0, 0.05) is 21.4 Å². The molecule has 7 nitrogen and oxygen atoms in total. The van der Waals surface area contributed by atoms with Crippen molar-refractivity contribution in [3.05, 3.63) is 41.4 Å². The van der Waals surface area contributed by atoms with Crippen LogP contribution in [0, 0.1) is 0 Å². The molecule has 1 aliphatic heterocycles. The van der Waals surface area contributed by atoms with Crippen molar-refractivity contribution >= 4 is 45.9 Å². The monoisotopic (exact) mass is 403 g/mol. The van der Waals surface area contributed by atoms with Crippen molar-refractivity contribution in [3.8, 4) is 17.4 Å². The standard InChI is InChI=1S/C18H14ClN3O4S/c19-10-1-3-11(4-2-10)27-9-16(23)21-22-17-12-7-14-15(26-6-5-25-14)8-13(12)20-18(17)24/h1-4,7-8,20,24H,5-6,9H2. The number of nitrogens with one attached hydrogen (secondary N) is 1. The summed E-state index contributed by atoms with van der Waals surface area (Å²) in [6, 6.07) is 10.6. The minimum absolute atomic E-state index is 0.126. The largest absolute Gasteiger partial charge is 0.493 e. The molecule has 27 heavy (non-hydrogen) atoms. The fourth-order valence-corrected chi connectivity index (χ4v) is 3.42. The summed E-state index contributed by atoms with van der Waals surface area (Å²) in [6.45, 7) is 0.920. The zero-order chi connectivity index (χ0) is 18.8. The van der Waals surface area contributed by atoms with E-state index in [0.717, 1.165) is 4.90 Å². The van der Waals surface area contributed by atoms with Crippen LogP contribution < -0.4 is 9.47 Å². The van der Waals surface area contributed by atoms with E-state index in [2.05, 4.69) is 15.2 Å². The number of aromatic nitrogens is 1. The molecule has 0 fully saturated rings. The molecular formula is C18H14ClN3O4S. The third-order valence-corrected chi connectivity index (χ3v) is 5.10. The molecule has 0 radical (unpaired) electrons. The molecule has 9 heteroatoms. The Bertz CT molecular complexity index is 1030. The van der Waals surface area contributed by atoms with Crippen LogP contribution in [-0.2, 0) is 4.79 Å². The van der Waals surface area contributed by atoms with Crippen LogP contribution in [0.5, 0.6) is 17.4 Å². The second kappa shape index (κ2) is 7.50. The highest BCUT2D eigenvalue weighted by Gasteiger charge is 2.18. The first-order valence-electron chi connectivity index (χ1n) is 8.07. The molecular weight excluding hydrogens is 390 g/mol. The fourth-order valence-electron chi connectivity index (χ4n) is 2.61. The molecule has 0 aliphatic carbocycles. The molecule has 1 amide bonds. The maximum absolute atomic E-state index is 12.0. The summed E-state index contributed by atoms with van der Waals surface area (Å²) in [5.74, 6) is 0.693. The van der Waals surface area contributed by atoms with Gasteiger partial charge in [-0.15, -0.1) is 22.0 Å². The van der Waals surface area contributed by atoms with Crippen molar-refractivity contribution in [3.63, 3.8) is 0 Å². The molecule has 0 spiro atoms. The minimum atomic E-state index is -0.416. The Labute approximate surface area is 163 Å². The quantitative estimate of drug-likeness (QED) is 0.486. The average Bonchev–Trinajstić information content (AvgIpc) is 2.98. The molecule has 2 aromatic carbocycles. The number of hydrogen-bond acceptors (Lipinski definition) is 6. The highest BCUT2D eigenvalue weighted by atomic mass is 35.5. The molecule has 0 atom stereocenters. The van der Waals surface area contributed by atoms with E-state index in [1.807, 2.05) is 12.1 Å². The topological polar surface area (TPSA) is 96.3 Å². The van der Waals surface area contributed by atoms with Crippen molar-refractivity contribution in [2.75, 3.05) is 19.0 Å². The molecule has 0 saturated heterocycles. The van der Waals surface area contributed by atoms with Crippen molar-refractivity contribution < 1.29 is 19.4 Å². The Morgan fingerprint density at radius 3 is 2.63 bits per heavy atom. The number of ether oxygens (including phenoxy) is 2. The second-order valence-corrected chi connectivity index (χ2v) is 7.19. The van der Waals surface area contributed by atoms with Crippen LogP contribution in [0.4, 0.5) is 5.69 Å². The Balaban J connectivity index is 1.51. The predicted molar refractivity (Wildman–Crippen MR) is 103 cm³/mol. The van der Waals surface area contributed by atoms with E-state index in [1.165, 1.54) is 11.8 Å².